The molecular weight excluding hydrogens is 362 g/mol. The van der Waals surface area contributed by atoms with Crippen LogP contribution < -0.4 is 5.32 Å². The molecule has 28 heavy (non-hydrogen) atoms. The SMILES string of the molecule is CC(=O)O.CC(=O)O.O=C1CCCN1CCN1CCCC2(CCNCC2)CC1. The van der Waals surface area contributed by atoms with Crippen molar-refractivity contribution in [2.75, 3.05) is 45.8 Å². The second-order valence-corrected chi connectivity index (χ2v) is 7.97. The van der Waals surface area contributed by atoms with Crippen LogP contribution in [0.15, 0.2) is 0 Å². The van der Waals surface area contributed by atoms with Crippen molar-refractivity contribution >= 4 is 17.8 Å². The molecule has 0 radical (unpaired) electrons. The van der Waals surface area contributed by atoms with Gasteiger partial charge in [0.15, 0.2) is 0 Å². The van der Waals surface area contributed by atoms with Crippen molar-refractivity contribution < 1.29 is 24.6 Å². The average Bonchev–Trinajstić information content (AvgIpc) is 2.92. The van der Waals surface area contributed by atoms with E-state index in [4.69, 9.17) is 19.8 Å². The molecule has 0 aromatic carbocycles. The number of likely N-dealkylation sites (tertiary alicyclic amines) is 2. The second-order valence-electron chi connectivity index (χ2n) is 7.97. The van der Waals surface area contributed by atoms with Crippen LogP contribution in [0.1, 0.15) is 58.8 Å². The van der Waals surface area contributed by atoms with Crippen LogP contribution in [-0.2, 0) is 14.4 Å². The summed E-state index contributed by atoms with van der Waals surface area (Å²) in [7, 11) is 0. The van der Waals surface area contributed by atoms with E-state index in [1.54, 1.807) is 0 Å². The number of hydrogen-bond acceptors (Lipinski definition) is 5. The van der Waals surface area contributed by atoms with Gasteiger partial charge in [0.2, 0.25) is 5.91 Å². The van der Waals surface area contributed by atoms with Gasteiger partial charge in [0.25, 0.3) is 11.9 Å². The molecule has 3 rings (SSSR count). The van der Waals surface area contributed by atoms with E-state index >= 15 is 0 Å². The zero-order valence-electron chi connectivity index (χ0n) is 17.4. The van der Waals surface area contributed by atoms with Gasteiger partial charge in [-0.25, -0.2) is 0 Å². The Morgan fingerprint density at radius 1 is 0.929 bits per heavy atom. The number of carboxylic acids is 2. The first-order valence-corrected chi connectivity index (χ1v) is 10.3. The Hall–Kier alpha value is -1.67. The Kier molecular flexibility index (Phi) is 11.1. The molecular formula is C20H37N3O5. The third-order valence-electron chi connectivity index (χ3n) is 5.66. The highest BCUT2D eigenvalue weighted by atomic mass is 16.4. The van der Waals surface area contributed by atoms with E-state index < -0.39 is 11.9 Å². The first-order valence-electron chi connectivity index (χ1n) is 10.3. The van der Waals surface area contributed by atoms with Crippen LogP contribution in [0.2, 0.25) is 0 Å². The van der Waals surface area contributed by atoms with Gasteiger partial charge in [-0.05, 0) is 70.1 Å². The van der Waals surface area contributed by atoms with Crippen molar-refractivity contribution in [2.24, 2.45) is 5.41 Å². The predicted octanol–water partition coefficient (Wildman–Crippen LogP) is 1.65. The van der Waals surface area contributed by atoms with Crippen molar-refractivity contribution in [2.45, 2.75) is 58.8 Å². The predicted molar refractivity (Wildman–Crippen MR) is 107 cm³/mol. The van der Waals surface area contributed by atoms with Gasteiger partial charge in [0.05, 0.1) is 0 Å². The Labute approximate surface area is 168 Å². The van der Waals surface area contributed by atoms with Gasteiger partial charge in [-0.2, -0.15) is 0 Å². The maximum atomic E-state index is 11.7. The van der Waals surface area contributed by atoms with Crippen LogP contribution in [-0.4, -0.2) is 83.7 Å². The molecule has 162 valence electrons. The Balaban J connectivity index is 0.000000420. The molecule has 0 aliphatic carbocycles. The molecule has 0 unspecified atom stereocenters. The molecule has 3 fully saturated rings. The maximum absolute atomic E-state index is 11.7. The molecule has 0 aromatic rings. The van der Waals surface area contributed by atoms with Gasteiger partial charge in [0, 0.05) is 39.9 Å². The second kappa shape index (κ2) is 12.7. The molecule has 0 bridgehead atoms. The van der Waals surface area contributed by atoms with E-state index in [2.05, 4.69) is 15.1 Å². The third kappa shape index (κ3) is 10.0. The molecule has 3 N–H and O–H groups in total. The smallest absolute Gasteiger partial charge is 0.300 e. The molecule has 8 heteroatoms. The lowest BCUT2D eigenvalue weighted by Crippen LogP contribution is -2.38. The van der Waals surface area contributed by atoms with Crippen molar-refractivity contribution in [3.05, 3.63) is 0 Å². The highest BCUT2D eigenvalue weighted by molar-refractivity contribution is 5.78. The average molecular weight is 400 g/mol. The van der Waals surface area contributed by atoms with Gasteiger partial charge in [-0.1, -0.05) is 0 Å². The number of amides is 1. The number of piperidine rings is 1. The first-order chi connectivity index (χ1) is 13.2. The molecule has 0 aromatic heterocycles. The van der Waals surface area contributed by atoms with Gasteiger partial charge in [-0.15, -0.1) is 0 Å². The summed E-state index contributed by atoms with van der Waals surface area (Å²) in [6, 6.07) is 0. The Morgan fingerprint density at radius 3 is 2.07 bits per heavy atom. The van der Waals surface area contributed by atoms with E-state index in [1.807, 2.05) is 0 Å². The quantitative estimate of drug-likeness (QED) is 0.662. The fourth-order valence-corrected chi connectivity index (χ4v) is 4.19. The van der Waals surface area contributed by atoms with Gasteiger partial charge in [0.1, 0.15) is 0 Å². The number of aliphatic carboxylic acids is 2. The topological polar surface area (TPSA) is 110 Å². The Bertz CT molecular complexity index is 486. The fraction of sp³-hybridized carbons (Fsp3) is 0.850. The molecule has 3 saturated heterocycles. The largest absolute Gasteiger partial charge is 0.481 e. The lowest BCUT2D eigenvalue weighted by molar-refractivity contribution is -0.135. The number of carboxylic acid groups (broad SMARTS) is 2. The van der Waals surface area contributed by atoms with E-state index in [1.165, 1.54) is 58.3 Å². The summed E-state index contributed by atoms with van der Waals surface area (Å²) in [6.07, 6.45) is 8.69. The summed E-state index contributed by atoms with van der Waals surface area (Å²) in [5.41, 5.74) is 0.628. The number of carbonyl (C=O) groups excluding carboxylic acids is 1. The van der Waals surface area contributed by atoms with Crippen molar-refractivity contribution in [1.29, 1.82) is 0 Å². The number of nitrogens with zero attached hydrogens (tertiary/aromatic N) is 2. The van der Waals surface area contributed by atoms with Crippen LogP contribution in [0.3, 0.4) is 0 Å². The monoisotopic (exact) mass is 399 g/mol. The van der Waals surface area contributed by atoms with Crippen LogP contribution in [0.5, 0.6) is 0 Å². The van der Waals surface area contributed by atoms with E-state index in [0.717, 1.165) is 46.3 Å². The van der Waals surface area contributed by atoms with Crippen LogP contribution in [0.25, 0.3) is 0 Å². The molecule has 0 saturated carbocycles. The summed E-state index contributed by atoms with van der Waals surface area (Å²) in [5.74, 6) is -1.30. The first kappa shape index (κ1) is 24.4. The normalized spacial score (nSPS) is 21.8. The van der Waals surface area contributed by atoms with Crippen molar-refractivity contribution in [3.8, 4) is 0 Å². The van der Waals surface area contributed by atoms with E-state index in [0.29, 0.717) is 11.3 Å². The summed E-state index contributed by atoms with van der Waals surface area (Å²) in [4.78, 5) is 34.3. The standard InChI is InChI=1S/C16H29N3O.2C2H4O2/c20-15-3-1-11-19(15)14-13-18-10-2-4-16(7-12-18)5-8-17-9-6-16;2*1-2(3)4/h17H,1-14H2;2*1H3,(H,3,4). The van der Waals surface area contributed by atoms with Gasteiger partial charge in [-0.3, -0.25) is 14.4 Å². The molecule has 1 amide bonds. The van der Waals surface area contributed by atoms with E-state index in [-0.39, 0.29) is 0 Å². The minimum absolute atomic E-state index is 0.370. The van der Waals surface area contributed by atoms with Crippen molar-refractivity contribution in [3.63, 3.8) is 0 Å². The summed E-state index contributed by atoms with van der Waals surface area (Å²) < 4.78 is 0. The Morgan fingerprint density at radius 2 is 1.54 bits per heavy atom. The highest BCUT2D eigenvalue weighted by Gasteiger charge is 2.33. The summed E-state index contributed by atoms with van der Waals surface area (Å²) in [5, 5.41) is 18.3. The van der Waals surface area contributed by atoms with Crippen LogP contribution in [0, 0.1) is 5.41 Å². The third-order valence-corrected chi connectivity index (χ3v) is 5.66. The zero-order valence-corrected chi connectivity index (χ0v) is 17.4. The number of carbonyl (C=O) groups is 3. The lowest BCUT2D eigenvalue weighted by Gasteiger charge is -2.37. The lowest BCUT2D eigenvalue weighted by atomic mass is 9.73. The fourth-order valence-electron chi connectivity index (χ4n) is 4.19. The molecule has 3 heterocycles. The zero-order chi connectivity index (χ0) is 21.0. The van der Waals surface area contributed by atoms with Crippen molar-refractivity contribution in [1.82, 2.24) is 15.1 Å². The molecule has 0 atom stereocenters. The maximum Gasteiger partial charge on any atom is 0.300 e. The summed E-state index contributed by atoms with van der Waals surface area (Å²) in [6.45, 7) is 10.1. The number of nitrogens with one attached hydrogen (secondary N) is 1. The molecule has 3 aliphatic rings. The van der Waals surface area contributed by atoms with Gasteiger partial charge < -0.3 is 25.3 Å². The minimum atomic E-state index is -0.833. The van der Waals surface area contributed by atoms with Gasteiger partial charge >= 0.3 is 0 Å². The molecule has 8 nitrogen and oxygen atoms in total. The van der Waals surface area contributed by atoms with Crippen LogP contribution >= 0.6 is 0 Å². The number of rotatable bonds is 3. The van der Waals surface area contributed by atoms with Crippen LogP contribution in [0.4, 0.5) is 0 Å². The number of hydrogen-bond donors (Lipinski definition) is 3. The minimum Gasteiger partial charge on any atom is -0.481 e. The molecule has 3 aliphatic heterocycles. The highest BCUT2D eigenvalue weighted by Crippen LogP contribution is 2.39. The summed E-state index contributed by atoms with van der Waals surface area (Å²) >= 11 is 0. The van der Waals surface area contributed by atoms with E-state index in [9.17, 15) is 4.79 Å². The molecule has 1 spiro atoms.